The number of non-ortho nitro benzene ring substituents is 1. The number of benzene rings is 2. The summed E-state index contributed by atoms with van der Waals surface area (Å²) in [6.07, 6.45) is 0. The Morgan fingerprint density at radius 1 is 1.07 bits per heavy atom. The zero-order chi connectivity index (χ0) is 21.4. The van der Waals surface area contributed by atoms with E-state index in [2.05, 4.69) is 4.90 Å². The van der Waals surface area contributed by atoms with Crippen molar-refractivity contribution in [2.45, 2.75) is 6.54 Å². The van der Waals surface area contributed by atoms with E-state index in [1.54, 1.807) is 11.0 Å². The van der Waals surface area contributed by atoms with Crippen LogP contribution >= 0.6 is 46.1 Å². The van der Waals surface area contributed by atoms with Crippen molar-refractivity contribution in [3.8, 4) is 0 Å². The maximum Gasteiger partial charge on any atom is 0.270 e. The predicted octanol–water partition coefficient (Wildman–Crippen LogP) is 5.73. The summed E-state index contributed by atoms with van der Waals surface area (Å²) in [6, 6.07) is 9.89. The summed E-state index contributed by atoms with van der Waals surface area (Å²) < 4.78 is 0.629. The van der Waals surface area contributed by atoms with Gasteiger partial charge in [0.2, 0.25) is 0 Å². The SMILES string of the molecule is O=C(c1sc2cc([N+](=O)[O-])ccc2c1Cl)N1CCN(Cc2c(Cl)cccc2Cl)CC1. The summed E-state index contributed by atoms with van der Waals surface area (Å²) in [5.74, 6) is -0.153. The van der Waals surface area contributed by atoms with Gasteiger partial charge in [-0.3, -0.25) is 19.8 Å². The Kier molecular flexibility index (Phi) is 6.18. The molecular weight excluding hydrogens is 469 g/mol. The summed E-state index contributed by atoms with van der Waals surface area (Å²) in [5, 5.41) is 13.3. The lowest BCUT2D eigenvalue weighted by atomic mass is 10.2. The molecule has 3 aromatic rings. The fourth-order valence-corrected chi connectivity index (χ4v) is 5.49. The van der Waals surface area contributed by atoms with E-state index in [-0.39, 0.29) is 11.6 Å². The van der Waals surface area contributed by atoms with Gasteiger partial charge in [0.05, 0.1) is 9.95 Å². The molecule has 0 spiro atoms. The zero-order valence-electron chi connectivity index (χ0n) is 15.6. The number of hydrogen-bond acceptors (Lipinski definition) is 5. The molecular formula is C20H16Cl3N3O3S. The van der Waals surface area contributed by atoms with Crippen LogP contribution in [0, 0.1) is 10.1 Å². The van der Waals surface area contributed by atoms with E-state index in [1.807, 2.05) is 18.2 Å². The number of nitro benzene ring substituents is 1. The van der Waals surface area contributed by atoms with Crippen molar-refractivity contribution in [2.75, 3.05) is 26.2 Å². The third kappa shape index (κ3) is 4.13. The number of hydrogen-bond donors (Lipinski definition) is 0. The van der Waals surface area contributed by atoms with Crippen molar-refractivity contribution in [3.05, 3.63) is 72.0 Å². The minimum absolute atomic E-state index is 0.0220. The van der Waals surface area contributed by atoms with E-state index in [4.69, 9.17) is 34.8 Å². The highest BCUT2D eigenvalue weighted by molar-refractivity contribution is 7.21. The van der Waals surface area contributed by atoms with Crippen molar-refractivity contribution in [1.82, 2.24) is 9.80 Å². The summed E-state index contributed by atoms with van der Waals surface area (Å²) in [6.45, 7) is 3.08. The Morgan fingerprint density at radius 2 is 1.73 bits per heavy atom. The second kappa shape index (κ2) is 8.69. The number of rotatable bonds is 4. The summed E-state index contributed by atoms with van der Waals surface area (Å²) >= 11 is 20.1. The highest BCUT2D eigenvalue weighted by Gasteiger charge is 2.27. The van der Waals surface area contributed by atoms with Gasteiger partial charge in [-0.25, -0.2) is 0 Å². The Balaban J connectivity index is 1.47. The average molecular weight is 485 g/mol. The molecule has 30 heavy (non-hydrogen) atoms. The Labute approximate surface area is 191 Å². The van der Waals surface area contributed by atoms with Crippen molar-refractivity contribution >= 4 is 67.8 Å². The van der Waals surface area contributed by atoms with Crippen LogP contribution in [0.15, 0.2) is 36.4 Å². The summed E-state index contributed by atoms with van der Waals surface area (Å²) in [7, 11) is 0. The quantitative estimate of drug-likeness (QED) is 0.350. The van der Waals surface area contributed by atoms with Gasteiger partial charge in [0.1, 0.15) is 4.88 Å². The highest BCUT2D eigenvalue weighted by atomic mass is 35.5. The molecule has 4 rings (SSSR count). The molecule has 1 fully saturated rings. The lowest BCUT2D eigenvalue weighted by Crippen LogP contribution is -2.48. The van der Waals surface area contributed by atoms with Crippen LogP contribution in [0.1, 0.15) is 15.2 Å². The number of thiophene rings is 1. The monoisotopic (exact) mass is 483 g/mol. The molecule has 0 radical (unpaired) electrons. The van der Waals surface area contributed by atoms with Crippen molar-refractivity contribution in [3.63, 3.8) is 0 Å². The summed E-state index contributed by atoms with van der Waals surface area (Å²) in [5.41, 5.74) is 0.862. The van der Waals surface area contributed by atoms with Gasteiger partial charge in [-0.2, -0.15) is 0 Å². The molecule has 1 aliphatic rings. The molecule has 6 nitrogen and oxygen atoms in total. The van der Waals surface area contributed by atoms with Crippen LogP contribution in [-0.2, 0) is 6.54 Å². The van der Waals surface area contributed by atoms with Crippen LogP contribution in [0.25, 0.3) is 10.1 Å². The Bertz CT molecular complexity index is 1120. The molecule has 0 unspecified atom stereocenters. The van der Waals surface area contributed by atoms with Gasteiger partial charge in [-0.05, 0) is 18.2 Å². The van der Waals surface area contributed by atoms with Crippen LogP contribution in [-0.4, -0.2) is 46.8 Å². The van der Waals surface area contributed by atoms with Crippen LogP contribution in [0.5, 0.6) is 0 Å². The molecule has 0 N–H and O–H groups in total. The summed E-state index contributed by atoms with van der Waals surface area (Å²) in [4.78, 5) is 28.0. The number of piperazine rings is 1. The first-order chi connectivity index (χ1) is 14.3. The third-order valence-corrected chi connectivity index (χ3v) is 7.47. The lowest BCUT2D eigenvalue weighted by Gasteiger charge is -2.34. The topological polar surface area (TPSA) is 66.7 Å². The molecule has 0 saturated carbocycles. The normalized spacial score (nSPS) is 15.0. The van der Waals surface area contributed by atoms with Crippen molar-refractivity contribution in [2.24, 2.45) is 0 Å². The first-order valence-corrected chi connectivity index (χ1v) is 11.1. The number of fused-ring (bicyclic) bond motifs is 1. The van der Waals surface area contributed by atoms with Gasteiger partial charge in [-0.1, -0.05) is 40.9 Å². The Morgan fingerprint density at radius 3 is 2.37 bits per heavy atom. The zero-order valence-corrected chi connectivity index (χ0v) is 18.7. The van der Waals surface area contributed by atoms with Gasteiger partial charge in [0.25, 0.3) is 11.6 Å². The number of halogens is 3. The fourth-order valence-electron chi connectivity index (χ4n) is 3.46. The molecule has 1 aromatic heterocycles. The van der Waals surface area contributed by atoms with E-state index in [0.29, 0.717) is 62.8 Å². The molecule has 10 heteroatoms. The first kappa shape index (κ1) is 21.3. The first-order valence-electron chi connectivity index (χ1n) is 9.16. The third-order valence-electron chi connectivity index (χ3n) is 5.12. The average Bonchev–Trinajstić information content (AvgIpc) is 3.06. The minimum Gasteiger partial charge on any atom is -0.335 e. The molecule has 1 saturated heterocycles. The van der Waals surface area contributed by atoms with Crippen LogP contribution in [0.3, 0.4) is 0 Å². The number of nitrogens with zero attached hydrogens (tertiary/aromatic N) is 3. The van der Waals surface area contributed by atoms with Gasteiger partial charge in [0.15, 0.2) is 0 Å². The highest BCUT2D eigenvalue weighted by Crippen LogP contribution is 2.38. The number of carbonyl (C=O) groups excluding carboxylic acids is 1. The van der Waals surface area contributed by atoms with E-state index in [1.165, 1.54) is 23.5 Å². The predicted molar refractivity (Wildman–Crippen MR) is 121 cm³/mol. The van der Waals surface area contributed by atoms with Gasteiger partial charge in [0, 0.05) is 70.6 Å². The van der Waals surface area contributed by atoms with E-state index < -0.39 is 4.92 Å². The number of amides is 1. The van der Waals surface area contributed by atoms with E-state index >= 15 is 0 Å². The molecule has 0 aliphatic carbocycles. The lowest BCUT2D eigenvalue weighted by molar-refractivity contribution is -0.384. The minimum atomic E-state index is -0.459. The molecule has 156 valence electrons. The fraction of sp³-hybridized carbons (Fsp3) is 0.250. The van der Waals surface area contributed by atoms with Gasteiger partial charge in [-0.15, -0.1) is 11.3 Å². The Hall–Kier alpha value is -1.90. The second-order valence-corrected chi connectivity index (χ2v) is 9.20. The van der Waals surface area contributed by atoms with Gasteiger partial charge < -0.3 is 4.90 Å². The molecule has 1 amide bonds. The van der Waals surface area contributed by atoms with Crippen LogP contribution in [0.2, 0.25) is 15.1 Å². The van der Waals surface area contributed by atoms with Gasteiger partial charge >= 0.3 is 0 Å². The number of nitro groups is 1. The van der Waals surface area contributed by atoms with E-state index in [9.17, 15) is 14.9 Å². The largest absolute Gasteiger partial charge is 0.335 e. The number of carbonyl (C=O) groups is 1. The van der Waals surface area contributed by atoms with Crippen molar-refractivity contribution in [1.29, 1.82) is 0 Å². The maximum absolute atomic E-state index is 13.0. The standard InChI is InChI=1S/C20H16Cl3N3O3S/c21-15-2-1-3-16(22)14(15)11-24-6-8-25(9-7-24)20(27)19-18(23)13-5-4-12(26(28)29)10-17(13)30-19/h1-5,10H,6-9,11H2. The van der Waals surface area contributed by atoms with Crippen LogP contribution < -0.4 is 0 Å². The molecule has 2 aromatic carbocycles. The molecule has 2 heterocycles. The molecule has 0 bridgehead atoms. The smallest absolute Gasteiger partial charge is 0.270 e. The molecule has 0 atom stereocenters. The van der Waals surface area contributed by atoms with E-state index in [0.717, 1.165) is 5.56 Å². The maximum atomic E-state index is 13.0. The van der Waals surface area contributed by atoms with Crippen molar-refractivity contribution < 1.29 is 9.72 Å². The molecule has 1 aliphatic heterocycles. The van der Waals surface area contributed by atoms with Crippen LogP contribution in [0.4, 0.5) is 5.69 Å². The second-order valence-electron chi connectivity index (χ2n) is 6.95.